The van der Waals surface area contributed by atoms with Crippen LogP contribution in [0.1, 0.15) is 5.69 Å². The van der Waals surface area contributed by atoms with Gasteiger partial charge in [-0.15, -0.1) is 0 Å². The average Bonchev–Trinajstić information content (AvgIpc) is 2.96. The first-order chi connectivity index (χ1) is 9.86. The Kier molecular flexibility index (Phi) is 3.41. The van der Waals surface area contributed by atoms with Crippen LogP contribution in [0.4, 0.5) is 0 Å². The molecular weight excluding hydrogens is 252 g/mol. The van der Waals surface area contributed by atoms with Crippen molar-refractivity contribution in [2.75, 3.05) is 7.11 Å². The smallest absolute Gasteiger partial charge is 0.140 e. The van der Waals surface area contributed by atoms with Gasteiger partial charge < -0.3 is 9.30 Å². The molecule has 1 aromatic carbocycles. The lowest BCUT2D eigenvalue weighted by Gasteiger charge is -2.08. The number of benzene rings is 1. The Bertz CT molecular complexity index is 677. The highest BCUT2D eigenvalue weighted by atomic mass is 16.5. The van der Waals surface area contributed by atoms with E-state index in [1.165, 1.54) is 0 Å². The van der Waals surface area contributed by atoms with Crippen molar-refractivity contribution < 1.29 is 4.74 Å². The number of hydrogen-bond donors (Lipinski definition) is 0. The second-order valence-electron chi connectivity index (χ2n) is 4.31. The molecule has 0 atom stereocenters. The van der Waals surface area contributed by atoms with E-state index in [1.54, 1.807) is 25.8 Å². The molecule has 0 aliphatic carbocycles. The summed E-state index contributed by atoms with van der Waals surface area (Å²) in [6.45, 7) is 0.671. The zero-order valence-electron chi connectivity index (χ0n) is 11.1. The van der Waals surface area contributed by atoms with Gasteiger partial charge in [0.2, 0.25) is 0 Å². The third-order valence-corrected chi connectivity index (χ3v) is 3.04. The summed E-state index contributed by atoms with van der Waals surface area (Å²) >= 11 is 0. The lowest BCUT2D eigenvalue weighted by atomic mass is 10.2. The molecule has 0 bridgehead atoms. The summed E-state index contributed by atoms with van der Waals surface area (Å²) in [6.07, 6.45) is 7.04. The average molecular weight is 266 g/mol. The van der Waals surface area contributed by atoms with E-state index >= 15 is 0 Å². The summed E-state index contributed by atoms with van der Waals surface area (Å²) in [6, 6.07) is 9.76. The van der Waals surface area contributed by atoms with Crippen molar-refractivity contribution in [3.63, 3.8) is 0 Å². The van der Waals surface area contributed by atoms with Gasteiger partial charge in [0.25, 0.3) is 0 Å². The molecule has 0 spiro atoms. The van der Waals surface area contributed by atoms with Crippen LogP contribution in [-0.2, 0) is 6.54 Å². The van der Waals surface area contributed by atoms with Gasteiger partial charge in [0, 0.05) is 24.2 Å². The summed E-state index contributed by atoms with van der Waals surface area (Å²) < 4.78 is 7.23. The third-order valence-electron chi connectivity index (χ3n) is 3.04. The van der Waals surface area contributed by atoms with Crippen LogP contribution in [0.15, 0.2) is 55.2 Å². The van der Waals surface area contributed by atoms with Crippen LogP contribution in [-0.4, -0.2) is 26.6 Å². The zero-order chi connectivity index (χ0) is 13.8. The Hall–Kier alpha value is -2.69. The van der Waals surface area contributed by atoms with Crippen LogP contribution in [0.2, 0.25) is 0 Å². The van der Waals surface area contributed by atoms with Crippen LogP contribution in [0.5, 0.6) is 5.75 Å². The third kappa shape index (κ3) is 2.51. The summed E-state index contributed by atoms with van der Waals surface area (Å²) in [7, 11) is 1.66. The van der Waals surface area contributed by atoms with Gasteiger partial charge in [-0.05, 0) is 30.3 Å². The molecular formula is C15H14N4O. The minimum absolute atomic E-state index is 0.671. The first-order valence-electron chi connectivity index (χ1n) is 6.27. The largest absolute Gasteiger partial charge is 0.497 e. The van der Waals surface area contributed by atoms with E-state index in [0.717, 1.165) is 22.8 Å². The number of rotatable bonds is 4. The van der Waals surface area contributed by atoms with Crippen LogP contribution in [0.25, 0.3) is 11.4 Å². The Morgan fingerprint density at radius 2 is 1.90 bits per heavy atom. The quantitative estimate of drug-likeness (QED) is 0.727. The Labute approximate surface area is 116 Å². The maximum Gasteiger partial charge on any atom is 0.140 e. The lowest BCUT2D eigenvalue weighted by Crippen LogP contribution is -2.03. The summed E-state index contributed by atoms with van der Waals surface area (Å²) in [5.41, 5.74) is 2.00. The normalized spacial score (nSPS) is 10.4. The first kappa shape index (κ1) is 12.3. The van der Waals surface area contributed by atoms with Gasteiger partial charge in [0.15, 0.2) is 0 Å². The van der Waals surface area contributed by atoms with Crippen molar-refractivity contribution >= 4 is 0 Å². The van der Waals surface area contributed by atoms with Crippen LogP contribution in [0.3, 0.4) is 0 Å². The molecule has 0 N–H and O–H groups in total. The van der Waals surface area contributed by atoms with Gasteiger partial charge >= 0.3 is 0 Å². The van der Waals surface area contributed by atoms with Gasteiger partial charge in [-0.2, -0.15) is 0 Å². The van der Waals surface area contributed by atoms with E-state index in [4.69, 9.17) is 4.74 Å². The number of nitrogens with zero attached hydrogens (tertiary/aromatic N) is 4. The van der Waals surface area contributed by atoms with E-state index in [1.807, 2.05) is 36.5 Å². The van der Waals surface area contributed by atoms with Gasteiger partial charge in [0.1, 0.15) is 17.9 Å². The molecule has 3 rings (SSSR count). The molecule has 0 aliphatic rings. The van der Waals surface area contributed by atoms with Crippen LogP contribution in [0, 0.1) is 0 Å². The van der Waals surface area contributed by atoms with Crippen LogP contribution < -0.4 is 4.74 Å². The molecule has 0 amide bonds. The standard InChI is InChI=1S/C15H14N4O/c1-20-14-4-2-12(3-5-14)15-17-8-9-19(15)10-13-6-7-16-11-18-13/h2-9,11H,10H2,1H3. The highest BCUT2D eigenvalue weighted by Gasteiger charge is 2.07. The number of hydrogen-bond acceptors (Lipinski definition) is 4. The zero-order valence-corrected chi connectivity index (χ0v) is 11.1. The molecule has 2 aromatic heterocycles. The van der Waals surface area contributed by atoms with E-state index < -0.39 is 0 Å². The van der Waals surface area contributed by atoms with E-state index in [0.29, 0.717) is 6.54 Å². The first-order valence-corrected chi connectivity index (χ1v) is 6.27. The van der Waals surface area contributed by atoms with Crippen molar-refractivity contribution in [2.45, 2.75) is 6.54 Å². The summed E-state index contributed by atoms with van der Waals surface area (Å²) in [4.78, 5) is 12.6. The number of methoxy groups -OCH3 is 1. The summed E-state index contributed by atoms with van der Waals surface area (Å²) in [5, 5.41) is 0. The van der Waals surface area contributed by atoms with E-state index in [9.17, 15) is 0 Å². The molecule has 100 valence electrons. The maximum absolute atomic E-state index is 5.17. The lowest BCUT2D eigenvalue weighted by molar-refractivity contribution is 0.415. The second-order valence-corrected chi connectivity index (χ2v) is 4.31. The molecule has 0 aliphatic heterocycles. The molecule has 5 heteroatoms. The molecule has 2 heterocycles. The number of ether oxygens (including phenoxy) is 1. The minimum Gasteiger partial charge on any atom is -0.497 e. The topological polar surface area (TPSA) is 52.8 Å². The Morgan fingerprint density at radius 3 is 2.60 bits per heavy atom. The van der Waals surface area contributed by atoms with Crippen molar-refractivity contribution in [1.29, 1.82) is 0 Å². The molecule has 20 heavy (non-hydrogen) atoms. The van der Waals surface area contributed by atoms with Gasteiger partial charge in [-0.1, -0.05) is 0 Å². The predicted molar refractivity (Wildman–Crippen MR) is 75.3 cm³/mol. The Balaban J connectivity index is 1.89. The van der Waals surface area contributed by atoms with Crippen molar-refractivity contribution in [1.82, 2.24) is 19.5 Å². The molecule has 3 aromatic rings. The molecule has 0 radical (unpaired) electrons. The fourth-order valence-electron chi connectivity index (χ4n) is 2.02. The van der Waals surface area contributed by atoms with Gasteiger partial charge in [0.05, 0.1) is 19.3 Å². The molecule has 0 unspecified atom stereocenters. The van der Waals surface area contributed by atoms with Crippen LogP contribution >= 0.6 is 0 Å². The van der Waals surface area contributed by atoms with Crippen molar-refractivity contribution in [3.8, 4) is 17.1 Å². The highest BCUT2D eigenvalue weighted by Crippen LogP contribution is 2.21. The van der Waals surface area contributed by atoms with E-state index in [-0.39, 0.29) is 0 Å². The minimum atomic E-state index is 0.671. The predicted octanol–water partition coefficient (Wildman–Crippen LogP) is 2.40. The second kappa shape index (κ2) is 5.52. The number of imidazole rings is 1. The van der Waals surface area contributed by atoms with Crippen molar-refractivity contribution in [3.05, 3.63) is 60.9 Å². The number of aromatic nitrogens is 4. The van der Waals surface area contributed by atoms with Gasteiger partial charge in [-0.25, -0.2) is 15.0 Å². The fourth-order valence-corrected chi connectivity index (χ4v) is 2.02. The molecule has 5 nitrogen and oxygen atoms in total. The Morgan fingerprint density at radius 1 is 1.05 bits per heavy atom. The molecule has 0 fully saturated rings. The highest BCUT2D eigenvalue weighted by molar-refractivity contribution is 5.57. The summed E-state index contributed by atoms with van der Waals surface area (Å²) in [5.74, 6) is 1.74. The fraction of sp³-hybridized carbons (Fsp3) is 0.133. The molecule has 0 saturated carbocycles. The maximum atomic E-state index is 5.17. The SMILES string of the molecule is COc1ccc(-c2nccn2Cc2ccncn2)cc1. The van der Waals surface area contributed by atoms with Gasteiger partial charge in [-0.3, -0.25) is 0 Å². The van der Waals surface area contributed by atoms with Crippen molar-refractivity contribution in [2.24, 2.45) is 0 Å². The molecule has 0 saturated heterocycles. The monoisotopic (exact) mass is 266 g/mol. The van der Waals surface area contributed by atoms with E-state index in [2.05, 4.69) is 19.5 Å².